The third kappa shape index (κ3) is 5.02. The summed E-state index contributed by atoms with van der Waals surface area (Å²) in [6.07, 6.45) is -3.59. The van der Waals surface area contributed by atoms with Crippen LogP contribution in [0.4, 0.5) is 13.2 Å². The van der Waals surface area contributed by atoms with E-state index in [-0.39, 0.29) is 30.9 Å². The summed E-state index contributed by atoms with van der Waals surface area (Å²) >= 11 is 0. The van der Waals surface area contributed by atoms with Crippen molar-refractivity contribution in [2.24, 2.45) is 0 Å². The van der Waals surface area contributed by atoms with E-state index in [1.165, 1.54) is 12.1 Å². The molecule has 0 aliphatic carbocycles. The summed E-state index contributed by atoms with van der Waals surface area (Å²) in [5.41, 5.74) is -0.0974. The van der Waals surface area contributed by atoms with Crippen LogP contribution in [0.15, 0.2) is 24.3 Å². The van der Waals surface area contributed by atoms with Crippen LogP contribution in [-0.2, 0) is 6.18 Å². The number of nitrogens with zero attached hydrogens (tertiary/aromatic N) is 1. The predicted molar refractivity (Wildman–Crippen MR) is 83.4 cm³/mol. The minimum absolute atomic E-state index is 0. The van der Waals surface area contributed by atoms with Gasteiger partial charge in [-0.15, -0.1) is 24.8 Å². The minimum atomic E-state index is -4.28. The number of benzene rings is 1. The van der Waals surface area contributed by atoms with Gasteiger partial charge in [0.25, 0.3) is 0 Å². The van der Waals surface area contributed by atoms with E-state index in [0.29, 0.717) is 12.0 Å². The maximum atomic E-state index is 13.1. The van der Waals surface area contributed by atoms with Gasteiger partial charge in [0.15, 0.2) is 0 Å². The van der Waals surface area contributed by atoms with Crippen molar-refractivity contribution in [1.82, 2.24) is 10.2 Å². The molecule has 0 unspecified atom stereocenters. The summed E-state index contributed by atoms with van der Waals surface area (Å²) in [4.78, 5) is 2.14. The molecule has 7 heteroatoms. The number of halogens is 5. The van der Waals surface area contributed by atoms with Gasteiger partial charge in [0, 0.05) is 32.2 Å². The van der Waals surface area contributed by atoms with E-state index >= 15 is 0 Å². The second kappa shape index (κ2) is 8.83. The standard InChI is InChI=1S/C14H19F3N2.2ClH/c1-2-13(19-9-7-18-8-10-19)11-5-3-4-6-12(11)14(15,16)17;;/h3-6,13,18H,2,7-10H2,1H3;2*1H/t13-;;/m1../s1. The second-order valence-electron chi connectivity index (χ2n) is 4.80. The van der Waals surface area contributed by atoms with E-state index in [2.05, 4.69) is 10.2 Å². The minimum Gasteiger partial charge on any atom is -0.314 e. The molecule has 1 aliphatic heterocycles. The molecule has 0 aromatic heterocycles. The van der Waals surface area contributed by atoms with E-state index in [1.807, 2.05) is 6.92 Å². The van der Waals surface area contributed by atoms with Gasteiger partial charge in [-0.3, -0.25) is 4.90 Å². The topological polar surface area (TPSA) is 15.3 Å². The molecule has 122 valence electrons. The van der Waals surface area contributed by atoms with E-state index in [9.17, 15) is 13.2 Å². The number of rotatable bonds is 3. The van der Waals surface area contributed by atoms with Crippen LogP contribution in [0.3, 0.4) is 0 Å². The van der Waals surface area contributed by atoms with Gasteiger partial charge < -0.3 is 5.32 Å². The number of hydrogen-bond donors (Lipinski definition) is 1. The quantitative estimate of drug-likeness (QED) is 0.894. The van der Waals surface area contributed by atoms with Crippen LogP contribution in [0.1, 0.15) is 30.5 Å². The molecule has 1 saturated heterocycles. The molecule has 1 aliphatic rings. The van der Waals surface area contributed by atoms with Gasteiger partial charge in [-0.2, -0.15) is 13.2 Å². The Labute approximate surface area is 135 Å². The monoisotopic (exact) mass is 344 g/mol. The summed E-state index contributed by atoms with van der Waals surface area (Å²) < 4.78 is 39.2. The van der Waals surface area contributed by atoms with E-state index in [1.54, 1.807) is 12.1 Å². The maximum absolute atomic E-state index is 13.1. The molecule has 21 heavy (non-hydrogen) atoms. The highest BCUT2D eigenvalue weighted by Gasteiger charge is 2.35. The smallest absolute Gasteiger partial charge is 0.314 e. The van der Waals surface area contributed by atoms with Gasteiger partial charge in [0.05, 0.1) is 5.56 Å². The van der Waals surface area contributed by atoms with Gasteiger partial charge >= 0.3 is 6.18 Å². The molecule has 1 atom stereocenters. The third-order valence-corrected chi connectivity index (χ3v) is 3.60. The first-order valence-electron chi connectivity index (χ1n) is 6.65. The van der Waals surface area contributed by atoms with Crippen molar-refractivity contribution >= 4 is 24.8 Å². The Bertz CT molecular complexity index is 421. The normalized spacial score (nSPS) is 17.5. The molecule has 0 bridgehead atoms. The highest BCUT2D eigenvalue weighted by molar-refractivity contribution is 5.85. The van der Waals surface area contributed by atoms with Gasteiger partial charge in [-0.1, -0.05) is 25.1 Å². The molecule has 0 spiro atoms. The molecule has 0 amide bonds. The fourth-order valence-corrected chi connectivity index (χ4v) is 2.71. The van der Waals surface area contributed by atoms with Crippen molar-refractivity contribution in [2.45, 2.75) is 25.6 Å². The molecule has 1 N–H and O–H groups in total. The Hall–Kier alpha value is -0.490. The van der Waals surface area contributed by atoms with Crippen molar-refractivity contribution in [3.8, 4) is 0 Å². The van der Waals surface area contributed by atoms with E-state index in [4.69, 9.17) is 0 Å². The van der Waals surface area contributed by atoms with Crippen LogP contribution in [0.5, 0.6) is 0 Å². The summed E-state index contributed by atoms with van der Waals surface area (Å²) in [7, 11) is 0. The van der Waals surface area contributed by atoms with Gasteiger partial charge in [-0.25, -0.2) is 0 Å². The molecule has 2 nitrogen and oxygen atoms in total. The first-order valence-corrected chi connectivity index (χ1v) is 6.65. The lowest BCUT2D eigenvalue weighted by molar-refractivity contribution is -0.138. The fraction of sp³-hybridized carbons (Fsp3) is 0.571. The van der Waals surface area contributed by atoms with Crippen molar-refractivity contribution in [1.29, 1.82) is 0 Å². The number of piperazine rings is 1. The molecule has 1 aromatic rings. The SMILES string of the molecule is CC[C@H](c1ccccc1C(F)(F)F)N1CCNCC1.Cl.Cl. The van der Waals surface area contributed by atoms with E-state index in [0.717, 1.165) is 26.2 Å². The number of alkyl halides is 3. The maximum Gasteiger partial charge on any atom is 0.416 e. The first kappa shape index (κ1) is 20.5. The Morgan fingerprint density at radius 2 is 1.71 bits per heavy atom. The van der Waals surface area contributed by atoms with Gasteiger partial charge in [0.2, 0.25) is 0 Å². The Morgan fingerprint density at radius 1 is 1.14 bits per heavy atom. The fourth-order valence-electron chi connectivity index (χ4n) is 2.71. The molecule has 2 rings (SSSR count). The average molecular weight is 345 g/mol. The lowest BCUT2D eigenvalue weighted by Crippen LogP contribution is -2.45. The van der Waals surface area contributed by atoms with Crippen LogP contribution in [0, 0.1) is 0 Å². The van der Waals surface area contributed by atoms with Crippen LogP contribution >= 0.6 is 24.8 Å². The van der Waals surface area contributed by atoms with E-state index < -0.39 is 11.7 Å². The predicted octanol–water partition coefficient (Wildman–Crippen LogP) is 3.91. The summed E-state index contributed by atoms with van der Waals surface area (Å²) in [5.74, 6) is 0. The first-order chi connectivity index (χ1) is 9.04. The molecule has 1 fully saturated rings. The lowest BCUT2D eigenvalue weighted by atomic mass is 9.96. The van der Waals surface area contributed by atoms with Crippen LogP contribution in [0.2, 0.25) is 0 Å². The van der Waals surface area contributed by atoms with Crippen LogP contribution in [0.25, 0.3) is 0 Å². The summed E-state index contributed by atoms with van der Waals surface area (Å²) in [6, 6.07) is 5.78. The van der Waals surface area contributed by atoms with Crippen molar-refractivity contribution in [3.05, 3.63) is 35.4 Å². The molecular weight excluding hydrogens is 324 g/mol. The van der Waals surface area contributed by atoms with Gasteiger partial charge in [0.1, 0.15) is 0 Å². The zero-order valence-corrected chi connectivity index (χ0v) is 13.5. The Balaban J connectivity index is 0.00000200. The number of hydrogen-bond acceptors (Lipinski definition) is 2. The zero-order chi connectivity index (χ0) is 13.9. The molecule has 0 saturated carbocycles. The third-order valence-electron chi connectivity index (χ3n) is 3.60. The van der Waals surface area contributed by atoms with Crippen molar-refractivity contribution < 1.29 is 13.2 Å². The largest absolute Gasteiger partial charge is 0.416 e. The van der Waals surface area contributed by atoms with Gasteiger partial charge in [-0.05, 0) is 18.1 Å². The second-order valence-corrected chi connectivity index (χ2v) is 4.80. The lowest BCUT2D eigenvalue weighted by Gasteiger charge is -2.35. The zero-order valence-electron chi connectivity index (χ0n) is 11.8. The highest BCUT2D eigenvalue weighted by Crippen LogP contribution is 2.37. The molecule has 1 aromatic carbocycles. The summed E-state index contributed by atoms with van der Waals surface area (Å²) in [6.45, 7) is 5.21. The van der Waals surface area contributed by atoms with Crippen LogP contribution < -0.4 is 5.32 Å². The van der Waals surface area contributed by atoms with Crippen molar-refractivity contribution in [2.75, 3.05) is 26.2 Å². The Kier molecular flexibility index (Phi) is 8.63. The summed E-state index contributed by atoms with van der Waals surface area (Å²) in [5, 5.41) is 3.23. The number of nitrogens with one attached hydrogen (secondary N) is 1. The molecular formula is C14H21Cl2F3N2. The Morgan fingerprint density at radius 3 is 2.24 bits per heavy atom. The van der Waals surface area contributed by atoms with Crippen LogP contribution in [-0.4, -0.2) is 31.1 Å². The highest BCUT2D eigenvalue weighted by atomic mass is 35.5. The average Bonchev–Trinajstić information content (AvgIpc) is 2.40. The van der Waals surface area contributed by atoms with Crippen molar-refractivity contribution in [3.63, 3.8) is 0 Å². The molecule has 0 radical (unpaired) electrons. The molecule has 1 heterocycles.